The summed E-state index contributed by atoms with van der Waals surface area (Å²) >= 11 is 0. The Labute approximate surface area is 256 Å². The van der Waals surface area contributed by atoms with E-state index in [0.717, 1.165) is 73.9 Å². The van der Waals surface area contributed by atoms with Gasteiger partial charge in [-0.25, -0.2) is 0 Å². The van der Waals surface area contributed by atoms with Gasteiger partial charge in [-0.1, -0.05) is 97.1 Å². The van der Waals surface area contributed by atoms with Crippen molar-refractivity contribution < 1.29 is 9.15 Å². The van der Waals surface area contributed by atoms with Gasteiger partial charge < -0.3 is 14.1 Å². The first-order valence-corrected chi connectivity index (χ1v) is 15.2. The fourth-order valence-corrected chi connectivity index (χ4v) is 6.20. The van der Waals surface area contributed by atoms with Gasteiger partial charge >= 0.3 is 0 Å². The van der Waals surface area contributed by atoms with E-state index in [0.29, 0.717) is 6.61 Å². The quantitative estimate of drug-likeness (QED) is 0.191. The maximum atomic E-state index is 6.34. The molecule has 0 amide bonds. The predicted octanol–water partition coefficient (Wildman–Crippen LogP) is 10.6. The molecule has 212 valence electrons. The Bertz CT molecular complexity index is 2160. The molecule has 0 bridgehead atoms. The van der Waals surface area contributed by atoms with Gasteiger partial charge in [-0.3, -0.25) is 0 Å². The lowest BCUT2D eigenvalue weighted by Gasteiger charge is -2.30. The molecular weight excluding hydrogens is 538 g/mol. The van der Waals surface area contributed by atoms with Gasteiger partial charge in [0.1, 0.15) is 23.5 Å². The lowest BCUT2D eigenvalue weighted by molar-refractivity contribution is 0.303. The lowest BCUT2D eigenvalue weighted by atomic mass is 10.0. The van der Waals surface area contributed by atoms with E-state index in [4.69, 9.17) is 9.15 Å². The fourth-order valence-electron chi connectivity index (χ4n) is 6.20. The molecule has 0 fully saturated rings. The third-order valence-electron chi connectivity index (χ3n) is 8.49. The minimum Gasteiger partial charge on any atom is -0.487 e. The van der Waals surface area contributed by atoms with E-state index >= 15 is 0 Å². The third-order valence-corrected chi connectivity index (χ3v) is 8.49. The molecular formula is C41H31NO2. The normalized spacial score (nSPS) is 13.1. The van der Waals surface area contributed by atoms with Crippen LogP contribution in [-0.4, -0.2) is 6.61 Å². The Morgan fingerprint density at radius 3 is 2.00 bits per heavy atom. The van der Waals surface area contributed by atoms with Crippen LogP contribution in [0, 0.1) is 0 Å². The average Bonchev–Trinajstić information content (AvgIpc) is 3.48. The van der Waals surface area contributed by atoms with Crippen LogP contribution in [0.1, 0.15) is 16.7 Å². The molecule has 3 nitrogen and oxygen atoms in total. The van der Waals surface area contributed by atoms with Crippen LogP contribution in [0.5, 0.6) is 0 Å². The van der Waals surface area contributed by atoms with Crippen molar-refractivity contribution in [3.8, 4) is 0 Å². The highest BCUT2D eigenvalue weighted by Crippen LogP contribution is 2.38. The number of para-hydroxylation sites is 1. The van der Waals surface area contributed by atoms with E-state index in [-0.39, 0.29) is 0 Å². The smallest absolute Gasteiger partial charge is 0.143 e. The van der Waals surface area contributed by atoms with Crippen molar-refractivity contribution in [2.24, 2.45) is 0 Å². The molecule has 0 saturated heterocycles. The van der Waals surface area contributed by atoms with Crippen molar-refractivity contribution in [2.75, 3.05) is 11.5 Å². The first-order chi connectivity index (χ1) is 21.8. The maximum Gasteiger partial charge on any atom is 0.143 e. The summed E-state index contributed by atoms with van der Waals surface area (Å²) in [6.45, 7) is 0.469. The van der Waals surface area contributed by atoms with Gasteiger partial charge in [0.2, 0.25) is 0 Å². The van der Waals surface area contributed by atoms with Gasteiger partial charge in [0.05, 0.1) is 5.70 Å². The van der Waals surface area contributed by atoms with E-state index in [1.807, 2.05) is 30.3 Å². The number of hydrogen-bond donors (Lipinski definition) is 0. The molecule has 0 radical (unpaired) electrons. The molecule has 1 aliphatic heterocycles. The second-order valence-corrected chi connectivity index (χ2v) is 11.3. The molecule has 0 N–H and O–H groups in total. The lowest BCUT2D eigenvalue weighted by Crippen LogP contribution is -2.21. The summed E-state index contributed by atoms with van der Waals surface area (Å²) in [6.07, 6.45) is 6.29. The van der Waals surface area contributed by atoms with Crippen molar-refractivity contribution in [3.05, 3.63) is 174 Å². The zero-order valence-electron chi connectivity index (χ0n) is 24.3. The summed E-state index contributed by atoms with van der Waals surface area (Å²) in [5, 5.41) is 4.54. The summed E-state index contributed by atoms with van der Waals surface area (Å²) in [4.78, 5) is 2.31. The summed E-state index contributed by atoms with van der Waals surface area (Å²) in [5.41, 5.74) is 8.87. The van der Waals surface area contributed by atoms with E-state index < -0.39 is 0 Å². The highest BCUT2D eigenvalue weighted by molar-refractivity contribution is 6.15. The van der Waals surface area contributed by atoms with Gasteiger partial charge in [0, 0.05) is 33.1 Å². The largest absolute Gasteiger partial charge is 0.487 e. The zero-order chi connectivity index (χ0) is 29.3. The van der Waals surface area contributed by atoms with Gasteiger partial charge in [0.15, 0.2) is 0 Å². The Hall–Kier alpha value is -5.54. The van der Waals surface area contributed by atoms with E-state index in [2.05, 4.69) is 126 Å². The number of ether oxygens (including phenoxy) is 1. The number of aryl methyl sites for hydroxylation is 2. The highest BCUT2D eigenvalue weighted by Gasteiger charge is 2.20. The molecule has 0 unspecified atom stereocenters. The zero-order valence-corrected chi connectivity index (χ0v) is 24.3. The minimum absolute atomic E-state index is 0.469. The molecule has 0 aliphatic carbocycles. The maximum absolute atomic E-state index is 6.34. The molecule has 0 spiro atoms. The van der Waals surface area contributed by atoms with Crippen molar-refractivity contribution in [3.63, 3.8) is 0 Å². The SMILES string of the molecule is C1=C(c2ccccc2)OCC(N(c2ccc(CCc3ccccc3)cc2)c2ccc3c(ccc4c5ccccc5oc34)c2)=C1. The standard InChI is InChI=1S/C41H31NO2/c1-3-9-29(10-4-1)15-16-30-17-20-33(21-18-30)42(35-23-26-39(43-28-35)31-11-5-2-6-12-31)34-22-25-36-32(27-34)19-24-38-37-13-7-8-14-40(37)44-41(36)38/h1-14,17-27H,15-16,28H2. The van der Waals surface area contributed by atoms with Crippen molar-refractivity contribution in [1.29, 1.82) is 0 Å². The first kappa shape index (κ1) is 26.1. The fraction of sp³-hybridized carbons (Fsp3) is 0.0732. The average molecular weight is 570 g/mol. The summed E-state index contributed by atoms with van der Waals surface area (Å²) < 4.78 is 12.7. The Morgan fingerprint density at radius 1 is 0.545 bits per heavy atom. The molecule has 44 heavy (non-hydrogen) atoms. The third kappa shape index (κ3) is 4.93. The van der Waals surface area contributed by atoms with E-state index in [9.17, 15) is 0 Å². The van der Waals surface area contributed by atoms with Gasteiger partial charge in [-0.05, 0) is 84.0 Å². The van der Waals surface area contributed by atoms with E-state index in [1.165, 1.54) is 11.1 Å². The summed E-state index contributed by atoms with van der Waals surface area (Å²) in [7, 11) is 0. The van der Waals surface area contributed by atoms with Crippen LogP contribution in [0.4, 0.5) is 11.4 Å². The Morgan fingerprint density at radius 2 is 1.23 bits per heavy atom. The number of allylic oxidation sites excluding steroid dienone is 2. The molecule has 6 aromatic carbocycles. The minimum atomic E-state index is 0.469. The summed E-state index contributed by atoms with van der Waals surface area (Å²) in [6, 6.07) is 49.2. The van der Waals surface area contributed by atoms with Gasteiger partial charge in [0.25, 0.3) is 0 Å². The van der Waals surface area contributed by atoms with Crippen LogP contribution in [0.25, 0.3) is 38.5 Å². The highest BCUT2D eigenvalue weighted by atomic mass is 16.5. The van der Waals surface area contributed by atoms with Gasteiger partial charge in [-0.15, -0.1) is 0 Å². The number of furan rings is 1. The molecule has 2 heterocycles. The number of hydrogen-bond acceptors (Lipinski definition) is 3. The molecule has 3 heteroatoms. The van der Waals surface area contributed by atoms with Crippen LogP contribution in [-0.2, 0) is 17.6 Å². The van der Waals surface area contributed by atoms with Crippen LogP contribution in [0.3, 0.4) is 0 Å². The van der Waals surface area contributed by atoms with E-state index in [1.54, 1.807) is 0 Å². The molecule has 7 aromatic rings. The Kier molecular flexibility index (Phi) is 6.69. The molecule has 1 aliphatic rings. The predicted molar refractivity (Wildman–Crippen MR) is 182 cm³/mol. The number of fused-ring (bicyclic) bond motifs is 5. The van der Waals surface area contributed by atoms with Crippen LogP contribution in [0.15, 0.2) is 162 Å². The van der Waals surface area contributed by atoms with Crippen LogP contribution >= 0.6 is 0 Å². The number of anilines is 2. The van der Waals surface area contributed by atoms with Crippen molar-refractivity contribution in [1.82, 2.24) is 0 Å². The second kappa shape index (κ2) is 11.3. The second-order valence-electron chi connectivity index (χ2n) is 11.3. The molecule has 1 aromatic heterocycles. The number of benzene rings is 6. The topological polar surface area (TPSA) is 25.6 Å². The first-order valence-electron chi connectivity index (χ1n) is 15.2. The Balaban J connectivity index is 1.18. The summed E-state index contributed by atoms with van der Waals surface area (Å²) in [5.74, 6) is 0.886. The van der Waals surface area contributed by atoms with Crippen molar-refractivity contribution in [2.45, 2.75) is 12.8 Å². The monoisotopic (exact) mass is 569 g/mol. The molecule has 0 atom stereocenters. The van der Waals surface area contributed by atoms with Crippen LogP contribution in [0.2, 0.25) is 0 Å². The molecule has 0 saturated carbocycles. The van der Waals surface area contributed by atoms with Crippen molar-refractivity contribution >= 4 is 49.8 Å². The number of nitrogens with zero attached hydrogens (tertiary/aromatic N) is 1. The van der Waals surface area contributed by atoms with Crippen LogP contribution < -0.4 is 4.90 Å². The van der Waals surface area contributed by atoms with Gasteiger partial charge in [-0.2, -0.15) is 0 Å². The molecule has 8 rings (SSSR count). The number of rotatable bonds is 7.